The number of hydrogen-bond donors (Lipinski definition) is 8. The van der Waals surface area contributed by atoms with E-state index in [0.29, 0.717) is 167 Å². The quantitative estimate of drug-likeness (QED) is 0.0295. The number of anilines is 2. The fourth-order valence-electron chi connectivity index (χ4n) is 7.98. The van der Waals surface area contributed by atoms with Crippen molar-refractivity contribution in [3.05, 3.63) is 59.0 Å². The summed E-state index contributed by atoms with van der Waals surface area (Å²) >= 11 is 6.35. The van der Waals surface area contributed by atoms with Crippen LogP contribution < -0.4 is 43.0 Å². The standard InChI is InChI=1S/C53H79ClFN11O12/c1-38-32-39(34-41(55)33-38)43-36-63-51(49(50(43)66-14-6-42(56)7-15-66)52-64-44-5-4-40(54)35-45(44)65-52)60-13-12-59-46(67)8-16-71-18-20-73-22-24-75-26-28-77-30-31-78-29-27-76-25-23-74-21-19-72-17-9-47(68)62-37-48(69)58-10-2-3-11-61-53(57)70/h4-5,32-36,42H,2-3,6-31,37,56H2,1H3,(H,58,69)(H,59,67)(H,60,63)(H,62,68)(H,64,65)(H3,57,61,70). The van der Waals surface area contributed by atoms with Crippen molar-refractivity contribution in [2.75, 3.05) is 162 Å². The molecule has 78 heavy (non-hydrogen) atoms. The Bertz CT molecular complexity index is 2400. The van der Waals surface area contributed by atoms with Crippen molar-refractivity contribution in [1.29, 1.82) is 0 Å². The third kappa shape index (κ3) is 24.9. The third-order valence-electron chi connectivity index (χ3n) is 11.9. The third-order valence-corrected chi connectivity index (χ3v) is 12.1. The molecule has 1 aliphatic rings. The van der Waals surface area contributed by atoms with Gasteiger partial charge in [-0.3, -0.25) is 14.4 Å². The Kier molecular flexibility index (Phi) is 30.0. The number of nitrogens with two attached hydrogens (primary N) is 2. The summed E-state index contributed by atoms with van der Waals surface area (Å²) in [6.07, 6.45) is 5.02. The first-order valence-electron chi connectivity index (χ1n) is 26.6. The number of benzene rings is 2. The second-order valence-corrected chi connectivity index (χ2v) is 18.6. The number of carbonyl (C=O) groups excluding carboxylic acids is 4. The summed E-state index contributed by atoms with van der Waals surface area (Å²) in [6, 6.07) is 9.96. The molecule has 2 aromatic heterocycles. The molecule has 0 bridgehead atoms. The van der Waals surface area contributed by atoms with Crippen molar-refractivity contribution in [3.63, 3.8) is 0 Å². The second-order valence-electron chi connectivity index (χ2n) is 18.1. The zero-order chi connectivity index (χ0) is 55.6. The lowest BCUT2D eigenvalue weighted by Gasteiger charge is -2.35. The van der Waals surface area contributed by atoms with Crippen molar-refractivity contribution >= 4 is 57.9 Å². The number of halogens is 2. The smallest absolute Gasteiger partial charge is 0.312 e. The zero-order valence-electron chi connectivity index (χ0n) is 44.8. The van der Waals surface area contributed by atoms with Crippen LogP contribution in [-0.4, -0.2) is 196 Å². The van der Waals surface area contributed by atoms with E-state index in [2.05, 4.69) is 36.5 Å². The van der Waals surface area contributed by atoms with Gasteiger partial charge in [0.1, 0.15) is 17.5 Å². The first-order chi connectivity index (χ1) is 38.0. The molecular formula is C53H79ClFN11O12. The molecular weight excluding hydrogens is 1040 g/mol. The number of rotatable bonds is 41. The number of imidazole rings is 1. The first kappa shape index (κ1) is 63.0. The van der Waals surface area contributed by atoms with Crippen molar-refractivity contribution < 1.29 is 61.5 Å². The van der Waals surface area contributed by atoms with Gasteiger partial charge in [0.05, 0.1) is 135 Å². The molecule has 432 valence electrons. The van der Waals surface area contributed by atoms with Gasteiger partial charge >= 0.3 is 6.03 Å². The summed E-state index contributed by atoms with van der Waals surface area (Å²) in [7, 11) is 0. The monoisotopic (exact) mass is 1120 g/mol. The van der Waals surface area contributed by atoms with E-state index in [-0.39, 0.29) is 62.2 Å². The Morgan fingerprint density at radius 1 is 0.679 bits per heavy atom. The van der Waals surface area contributed by atoms with Crippen LogP contribution in [0.3, 0.4) is 0 Å². The number of nitrogens with one attached hydrogen (secondary N) is 6. The number of hydrogen-bond acceptors (Lipinski definition) is 17. The molecule has 4 aromatic rings. The minimum absolute atomic E-state index is 0.0896. The van der Waals surface area contributed by atoms with Gasteiger partial charge in [-0.1, -0.05) is 17.7 Å². The summed E-state index contributed by atoms with van der Waals surface area (Å²) in [5.74, 6) is 0.0749. The van der Waals surface area contributed by atoms with Crippen molar-refractivity contribution in [1.82, 2.24) is 36.2 Å². The molecule has 0 radical (unpaired) electrons. The molecule has 1 aliphatic heterocycles. The van der Waals surface area contributed by atoms with E-state index in [1.54, 1.807) is 12.3 Å². The van der Waals surface area contributed by atoms with Crippen LogP contribution in [0.4, 0.5) is 20.7 Å². The Hall–Kier alpha value is -5.80. The van der Waals surface area contributed by atoms with Gasteiger partial charge in [-0.2, -0.15) is 0 Å². The van der Waals surface area contributed by atoms with Gasteiger partial charge in [0, 0.05) is 74.9 Å². The molecule has 3 heterocycles. The fourth-order valence-corrected chi connectivity index (χ4v) is 8.15. The molecule has 5 amide bonds. The highest BCUT2D eigenvalue weighted by Gasteiger charge is 2.28. The maximum Gasteiger partial charge on any atom is 0.312 e. The van der Waals surface area contributed by atoms with Crippen LogP contribution in [0.1, 0.15) is 44.1 Å². The minimum Gasteiger partial charge on any atom is -0.379 e. The number of aromatic nitrogens is 3. The van der Waals surface area contributed by atoms with Crippen LogP contribution >= 0.6 is 11.6 Å². The van der Waals surface area contributed by atoms with Crippen molar-refractivity contribution in [3.8, 4) is 22.5 Å². The summed E-state index contributed by atoms with van der Waals surface area (Å²) in [5.41, 5.74) is 16.7. The molecule has 1 saturated heterocycles. The van der Waals surface area contributed by atoms with E-state index in [1.807, 2.05) is 25.1 Å². The highest BCUT2D eigenvalue weighted by molar-refractivity contribution is 6.31. The Morgan fingerprint density at radius 2 is 1.21 bits per heavy atom. The zero-order valence-corrected chi connectivity index (χ0v) is 45.5. The first-order valence-corrected chi connectivity index (χ1v) is 27.0. The van der Waals surface area contributed by atoms with Gasteiger partial charge < -0.3 is 85.8 Å². The number of pyridine rings is 1. The normalized spacial score (nSPS) is 12.7. The van der Waals surface area contributed by atoms with Crippen LogP contribution in [0.25, 0.3) is 33.5 Å². The number of urea groups is 1. The SMILES string of the molecule is Cc1cc(F)cc(-c2cnc(NCCNC(=O)CCOCCOCCOCCOCCOCCOCCOCCOCCC(=O)NCC(=O)NCCCCNC(N)=O)c(-c3nc4ccc(Cl)cc4[nH]3)c2N2CCC(N)CC2)c1. The topological polar surface area (TPSA) is 299 Å². The number of carbonyl (C=O) groups is 4. The van der Waals surface area contributed by atoms with Crippen molar-refractivity contribution in [2.24, 2.45) is 11.5 Å². The van der Waals surface area contributed by atoms with Crippen LogP contribution in [0.5, 0.6) is 0 Å². The van der Waals surface area contributed by atoms with Gasteiger partial charge in [-0.05, 0) is 74.1 Å². The number of ether oxygens (including phenoxy) is 8. The van der Waals surface area contributed by atoms with Crippen LogP contribution in [0.15, 0.2) is 42.6 Å². The molecule has 23 nitrogen and oxygen atoms in total. The average Bonchev–Trinajstić information content (AvgIpc) is 3.89. The fraction of sp³-hybridized carbons (Fsp3) is 0.585. The minimum atomic E-state index is -0.580. The van der Waals surface area contributed by atoms with Gasteiger partial charge in [-0.25, -0.2) is 19.2 Å². The Labute approximate surface area is 460 Å². The predicted molar refractivity (Wildman–Crippen MR) is 294 cm³/mol. The lowest BCUT2D eigenvalue weighted by molar-refractivity contribution is -0.126. The molecule has 25 heteroatoms. The number of nitrogens with zero attached hydrogens (tertiary/aromatic N) is 3. The number of unbranched alkanes of at least 4 members (excludes halogenated alkanes) is 1. The van der Waals surface area contributed by atoms with Gasteiger partial charge in [0.15, 0.2) is 0 Å². The van der Waals surface area contributed by atoms with E-state index in [1.165, 1.54) is 12.1 Å². The van der Waals surface area contributed by atoms with E-state index in [0.717, 1.165) is 46.3 Å². The summed E-state index contributed by atoms with van der Waals surface area (Å²) in [4.78, 5) is 62.5. The van der Waals surface area contributed by atoms with E-state index >= 15 is 0 Å². The average molecular weight is 1120 g/mol. The van der Waals surface area contributed by atoms with Crippen LogP contribution in [0, 0.1) is 12.7 Å². The van der Waals surface area contributed by atoms with Crippen LogP contribution in [-0.2, 0) is 52.3 Å². The van der Waals surface area contributed by atoms with E-state index in [9.17, 15) is 23.6 Å². The number of H-pyrrole nitrogens is 1. The number of aryl methyl sites for hydroxylation is 1. The number of fused-ring (bicyclic) bond motifs is 1. The molecule has 5 rings (SSSR count). The summed E-state index contributed by atoms with van der Waals surface area (Å²) in [5, 5.41) is 14.6. The molecule has 10 N–H and O–H groups in total. The van der Waals surface area contributed by atoms with Crippen LogP contribution in [0.2, 0.25) is 5.02 Å². The molecule has 0 atom stereocenters. The number of aromatic amines is 1. The second kappa shape index (κ2) is 37.1. The lowest BCUT2D eigenvalue weighted by Crippen LogP contribution is -2.40. The molecule has 1 fully saturated rings. The highest BCUT2D eigenvalue weighted by atomic mass is 35.5. The summed E-state index contributed by atoms with van der Waals surface area (Å²) < 4.78 is 59.0. The molecule has 2 aromatic carbocycles. The van der Waals surface area contributed by atoms with Gasteiger partial charge in [0.25, 0.3) is 0 Å². The van der Waals surface area contributed by atoms with E-state index < -0.39 is 6.03 Å². The number of amides is 5. The highest BCUT2D eigenvalue weighted by Crippen LogP contribution is 2.44. The largest absolute Gasteiger partial charge is 0.379 e. The predicted octanol–water partition coefficient (Wildman–Crippen LogP) is 3.44. The number of piperidine rings is 1. The van der Waals surface area contributed by atoms with Gasteiger partial charge in [-0.15, -0.1) is 0 Å². The lowest BCUT2D eigenvalue weighted by atomic mass is 9.96. The Morgan fingerprint density at radius 3 is 1.76 bits per heavy atom. The molecule has 0 spiro atoms. The molecule has 0 unspecified atom stereocenters. The maximum atomic E-state index is 14.9. The Balaban J connectivity index is 0.822. The summed E-state index contributed by atoms with van der Waals surface area (Å²) in [6.45, 7) is 10.7. The number of primary amides is 1. The van der Waals surface area contributed by atoms with Crippen molar-refractivity contribution in [2.45, 2.75) is 51.5 Å². The molecule has 0 aliphatic carbocycles. The van der Waals surface area contributed by atoms with Gasteiger partial charge in [0.2, 0.25) is 17.7 Å². The van der Waals surface area contributed by atoms with E-state index in [4.69, 9.17) is 70.9 Å². The molecule has 0 saturated carbocycles. The maximum absolute atomic E-state index is 14.9.